The van der Waals surface area contributed by atoms with Gasteiger partial charge in [0.2, 0.25) is 10.0 Å². The molecule has 2 atom stereocenters. The van der Waals surface area contributed by atoms with Gasteiger partial charge in [0.05, 0.1) is 17.6 Å². The molecule has 1 aromatic carbocycles. The fraction of sp³-hybridized carbons (Fsp3) is 0.500. The van der Waals surface area contributed by atoms with Crippen LogP contribution in [0.25, 0.3) is 0 Å². The minimum atomic E-state index is -3.57. The van der Waals surface area contributed by atoms with Crippen molar-refractivity contribution in [2.45, 2.75) is 30.9 Å². The minimum absolute atomic E-state index is 0.124. The maximum Gasteiger partial charge on any atom is 0.251 e. The number of hydrogen-bond acceptors (Lipinski definition) is 4. The fourth-order valence-electron chi connectivity index (χ4n) is 2.27. The summed E-state index contributed by atoms with van der Waals surface area (Å²) < 4.78 is 32.2. The van der Waals surface area contributed by atoms with Crippen LogP contribution in [0.3, 0.4) is 0 Å². The summed E-state index contributed by atoms with van der Waals surface area (Å²) in [4.78, 5) is 11.7. The number of rotatable bonds is 3. The summed E-state index contributed by atoms with van der Waals surface area (Å²) in [6.07, 6.45) is -0.124. The smallest absolute Gasteiger partial charge is 0.251 e. The number of sulfonamides is 1. The highest BCUT2D eigenvalue weighted by Crippen LogP contribution is 2.22. The highest BCUT2D eigenvalue weighted by Gasteiger charge is 2.34. The number of hydrogen-bond donors (Lipinski definition) is 1. The maximum atomic E-state index is 12.7. The third kappa shape index (κ3) is 3.25. The lowest BCUT2D eigenvalue weighted by Gasteiger charge is -2.35. The van der Waals surface area contributed by atoms with Crippen LogP contribution < -0.4 is 5.32 Å². The van der Waals surface area contributed by atoms with Crippen LogP contribution in [0.5, 0.6) is 0 Å². The predicted molar refractivity (Wildman–Crippen MR) is 78.6 cm³/mol. The van der Waals surface area contributed by atoms with Gasteiger partial charge in [0, 0.05) is 25.2 Å². The van der Waals surface area contributed by atoms with Crippen molar-refractivity contribution in [1.82, 2.24) is 9.62 Å². The first-order valence-corrected chi connectivity index (χ1v) is 8.26. The molecule has 6 nitrogen and oxygen atoms in total. The number of nitrogens with zero attached hydrogens (tertiary/aromatic N) is 1. The van der Waals surface area contributed by atoms with Crippen molar-refractivity contribution in [2.75, 3.05) is 20.2 Å². The third-order valence-corrected chi connectivity index (χ3v) is 5.50. The Balaban J connectivity index is 2.28. The van der Waals surface area contributed by atoms with E-state index >= 15 is 0 Å². The standard InChI is InChI=1S/C14H20N2O4S/c1-10-9-20-11(2)8-16(10)21(18,19)13-6-4-12(5-7-13)14(17)15-3/h4-7,10-11H,8-9H2,1-3H3,(H,15,17)/t10-,11+/m1/s1. The van der Waals surface area contributed by atoms with Crippen LogP contribution >= 0.6 is 0 Å². The second kappa shape index (κ2) is 6.13. The summed E-state index contributed by atoms with van der Waals surface area (Å²) in [6, 6.07) is 5.75. The van der Waals surface area contributed by atoms with E-state index in [2.05, 4.69) is 5.32 Å². The van der Waals surface area contributed by atoms with E-state index in [-0.39, 0.29) is 22.9 Å². The Labute approximate surface area is 125 Å². The van der Waals surface area contributed by atoms with Gasteiger partial charge in [0.15, 0.2) is 0 Å². The Kier molecular flexibility index (Phi) is 4.65. The molecule has 2 rings (SSSR count). The number of nitrogens with one attached hydrogen (secondary N) is 1. The Morgan fingerprint density at radius 1 is 1.29 bits per heavy atom. The molecule has 1 aliphatic heterocycles. The molecule has 7 heteroatoms. The number of carbonyl (C=O) groups excluding carboxylic acids is 1. The normalized spacial score (nSPS) is 23.8. The van der Waals surface area contributed by atoms with Gasteiger partial charge >= 0.3 is 0 Å². The molecule has 1 amide bonds. The van der Waals surface area contributed by atoms with Gasteiger partial charge in [-0.3, -0.25) is 4.79 Å². The second-order valence-electron chi connectivity index (χ2n) is 5.17. The van der Waals surface area contributed by atoms with Crippen LogP contribution in [-0.4, -0.2) is 51.0 Å². The quantitative estimate of drug-likeness (QED) is 0.897. The second-order valence-corrected chi connectivity index (χ2v) is 7.06. The van der Waals surface area contributed by atoms with E-state index in [1.807, 2.05) is 13.8 Å². The average molecular weight is 312 g/mol. The molecular formula is C14H20N2O4S. The largest absolute Gasteiger partial charge is 0.375 e. The van der Waals surface area contributed by atoms with E-state index in [1.165, 1.54) is 35.6 Å². The molecule has 1 fully saturated rings. The van der Waals surface area contributed by atoms with E-state index in [1.54, 1.807) is 0 Å². The molecule has 0 aromatic heterocycles. The Bertz CT molecular complexity index is 612. The molecule has 1 aliphatic rings. The fourth-order valence-corrected chi connectivity index (χ4v) is 3.96. The van der Waals surface area contributed by atoms with Gasteiger partial charge in [0.1, 0.15) is 0 Å². The van der Waals surface area contributed by atoms with Crippen LogP contribution in [0.2, 0.25) is 0 Å². The van der Waals surface area contributed by atoms with E-state index in [4.69, 9.17) is 4.74 Å². The Morgan fingerprint density at radius 3 is 2.48 bits per heavy atom. The molecule has 116 valence electrons. The first-order valence-electron chi connectivity index (χ1n) is 6.82. The SMILES string of the molecule is CNC(=O)c1ccc(S(=O)(=O)N2C[C@H](C)OC[C@H]2C)cc1. The molecule has 0 bridgehead atoms. The zero-order valence-corrected chi connectivity index (χ0v) is 13.2. The number of amides is 1. The van der Waals surface area contributed by atoms with Gasteiger partial charge in [-0.05, 0) is 38.1 Å². The molecule has 0 aliphatic carbocycles. The molecule has 0 spiro atoms. The minimum Gasteiger partial charge on any atom is -0.375 e. The molecule has 0 radical (unpaired) electrons. The first kappa shape index (κ1) is 15.9. The van der Waals surface area contributed by atoms with Gasteiger partial charge in [-0.2, -0.15) is 4.31 Å². The lowest BCUT2D eigenvalue weighted by molar-refractivity contribution is -0.0170. The molecule has 1 saturated heterocycles. The van der Waals surface area contributed by atoms with E-state index in [0.29, 0.717) is 18.7 Å². The van der Waals surface area contributed by atoms with Gasteiger partial charge < -0.3 is 10.1 Å². The van der Waals surface area contributed by atoms with Crippen molar-refractivity contribution in [3.63, 3.8) is 0 Å². The van der Waals surface area contributed by atoms with Crippen LogP contribution in [0, 0.1) is 0 Å². The summed E-state index contributed by atoms with van der Waals surface area (Å²) in [7, 11) is -2.04. The lowest BCUT2D eigenvalue weighted by Crippen LogP contribution is -2.50. The molecule has 1 N–H and O–H groups in total. The number of benzene rings is 1. The van der Waals surface area contributed by atoms with Crippen molar-refractivity contribution >= 4 is 15.9 Å². The van der Waals surface area contributed by atoms with Gasteiger partial charge in [-0.1, -0.05) is 0 Å². The predicted octanol–water partition coefficient (Wildman–Crippen LogP) is 0.844. The van der Waals surface area contributed by atoms with Crippen LogP contribution in [-0.2, 0) is 14.8 Å². The summed E-state index contributed by atoms with van der Waals surface area (Å²) in [6.45, 7) is 4.39. The molecular weight excluding hydrogens is 292 g/mol. The zero-order chi connectivity index (χ0) is 15.6. The molecule has 0 saturated carbocycles. The van der Waals surface area contributed by atoms with Gasteiger partial charge in [0.25, 0.3) is 5.91 Å². The van der Waals surface area contributed by atoms with Gasteiger partial charge in [-0.25, -0.2) is 8.42 Å². The third-order valence-electron chi connectivity index (χ3n) is 3.50. The summed E-state index contributed by atoms with van der Waals surface area (Å²) in [5, 5.41) is 2.50. The lowest BCUT2D eigenvalue weighted by atomic mass is 10.2. The first-order chi connectivity index (χ1) is 9.86. The topological polar surface area (TPSA) is 75.7 Å². The monoisotopic (exact) mass is 312 g/mol. The number of morpholine rings is 1. The molecule has 1 aromatic rings. The summed E-state index contributed by atoms with van der Waals surface area (Å²) >= 11 is 0. The summed E-state index contributed by atoms with van der Waals surface area (Å²) in [5.41, 5.74) is 0.430. The van der Waals surface area contributed by atoms with E-state index in [9.17, 15) is 13.2 Å². The van der Waals surface area contributed by atoms with Crippen molar-refractivity contribution in [2.24, 2.45) is 0 Å². The van der Waals surface area contributed by atoms with Crippen LogP contribution in [0.4, 0.5) is 0 Å². The Morgan fingerprint density at radius 2 is 1.90 bits per heavy atom. The number of ether oxygens (including phenoxy) is 1. The van der Waals surface area contributed by atoms with Crippen LogP contribution in [0.1, 0.15) is 24.2 Å². The maximum absolute atomic E-state index is 12.7. The highest BCUT2D eigenvalue weighted by molar-refractivity contribution is 7.89. The number of carbonyl (C=O) groups is 1. The zero-order valence-electron chi connectivity index (χ0n) is 12.4. The van der Waals surface area contributed by atoms with Gasteiger partial charge in [-0.15, -0.1) is 0 Å². The van der Waals surface area contributed by atoms with E-state index in [0.717, 1.165) is 0 Å². The van der Waals surface area contributed by atoms with Crippen molar-refractivity contribution in [1.29, 1.82) is 0 Å². The highest BCUT2D eigenvalue weighted by atomic mass is 32.2. The van der Waals surface area contributed by atoms with Crippen molar-refractivity contribution in [3.8, 4) is 0 Å². The van der Waals surface area contributed by atoms with E-state index < -0.39 is 10.0 Å². The van der Waals surface area contributed by atoms with Crippen LogP contribution in [0.15, 0.2) is 29.2 Å². The molecule has 1 heterocycles. The summed E-state index contributed by atoms with van der Waals surface area (Å²) in [5.74, 6) is -0.243. The Hall–Kier alpha value is -1.44. The molecule has 21 heavy (non-hydrogen) atoms. The average Bonchev–Trinajstić information content (AvgIpc) is 2.49. The van der Waals surface area contributed by atoms with Crippen molar-refractivity contribution < 1.29 is 17.9 Å². The molecule has 0 unspecified atom stereocenters. The van der Waals surface area contributed by atoms with Crippen molar-refractivity contribution in [3.05, 3.63) is 29.8 Å².